The standard InChI is InChI=1S/C14H18N4O3/c1-19-10-6-9(7-11(8-10)20-2)12(18-15)13-14(21-3)17-5-4-16-13/h4-8,12,18H,15H2,1-3H3. The fourth-order valence-electron chi connectivity index (χ4n) is 2.02. The summed E-state index contributed by atoms with van der Waals surface area (Å²) >= 11 is 0. The minimum Gasteiger partial charge on any atom is -0.497 e. The number of nitrogens with zero attached hydrogens (tertiary/aromatic N) is 2. The molecule has 0 amide bonds. The molecule has 1 aromatic heterocycles. The quantitative estimate of drug-likeness (QED) is 0.607. The molecule has 7 nitrogen and oxygen atoms in total. The molecule has 21 heavy (non-hydrogen) atoms. The van der Waals surface area contributed by atoms with Gasteiger partial charge in [0.15, 0.2) is 0 Å². The molecule has 0 spiro atoms. The Labute approximate surface area is 123 Å². The summed E-state index contributed by atoms with van der Waals surface area (Å²) in [6, 6.07) is 5.07. The van der Waals surface area contributed by atoms with Gasteiger partial charge in [0.1, 0.15) is 17.2 Å². The molecule has 1 heterocycles. The van der Waals surface area contributed by atoms with Crippen molar-refractivity contribution < 1.29 is 14.2 Å². The summed E-state index contributed by atoms with van der Waals surface area (Å²) in [6.07, 6.45) is 3.14. The van der Waals surface area contributed by atoms with Crippen molar-refractivity contribution in [3.05, 3.63) is 41.9 Å². The van der Waals surface area contributed by atoms with E-state index >= 15 is 0 Å². The molecule has 1 atom stereocenters. The van der Waals surface area contributed by atoms with Gasteiger partial charge in [-0.15, -0.1) is 0 Å². The van der Waals surface area contributed by atoms with Crippen LogP contribution in [0.4, 0.5) is 0 Å². The number of ether oxygens (including phenoxy) is 3. The van der Waals surface area contributed by atoms with Crippen molar-refractivity contribution in [2.45, 2.75) is 6.04 Å². The largest absolute Gasteiger partial charge is 0.497 e. The number of nitrogens with one attached hydrogen (secondary N) is 1. The van der Waals surface area contributed by atoms with Crippen LogP contribution in [-0.4, -0.2) is 31.3 Å². The SMILES string of the molecule is COc1cc(OC)cc(C(NN)c2nccnc2OC)c1. The van der Waals surface area contributed by atoms with E-state index < -0.39 is 6.04 Å². The number of rotatable bonds is 6. The number of benzene rings is 1. The summed E-state index contributed by atoms with van der Waals surface area (Å²) in [5.74, 6) is 7.41. The van der Waals surface area contributed by atoms with Gasteiger partial charge in [-0.1, -0.05) is 0 Å². The summed E-state index contributed by atoms with van der Waals surface area (Å²) in [5, 5.41) is 0. The molecule has 112 valence electrons. The Morgan fingerprint density at radius 2 is 1.57 bits per heavy atom. The number of nitrogens with two attached hydrogens (primary N) is 1. The number of aromatic nitrogens is 2. The lowest BCUT2D eigenvalue weighted by Gasteiger charge is -2.19. The van der Waals surface area contributed by atoms with Crippen LogP contribution >= 0.6 is 0 Å². The first-order valence-corrected chi connectivity index (χ1v) is 6.27. The van der Waals surface area contributed by atoms with Crippen LogP contribution in [0.3, 0.4) is 0 Å². The molecule has 0 aliphatic carbocycles. The molecule has 7 heteroatoms. The molecule has 1 aromatic carbocycles. The van der Waals surface area contributed by atoms with Crippen LogP contribution in [0, 0.1) is 0 Å². The minimum absolute atomic E-state index is 0.405. The summed E-state index contributed by atoms with van der Waals surface area (Å²) in [4.78, 5) is 8.43. The van der Waals surface area contributed by atoms with E-state index in [4.69, 9.17) is 20.1 Å². The fourth-order valence-corrected chi connectivity index (χ4v) is 2.02. The summed E-state index contributed by atoms with van der Waals surface area (Å²) in [5.41, 5.74) is 4.13. The van der Waals surface area contributed by atoms with Gasteiger partial charge in [0, 0.05) is 18.5 Å². The molecule has 1 unspecified atom stereocenters. The molecule has 0 aliphatic heterocycles. The van der Waals surface area contributed by atoms with E-state index in [1.165, 1.54) is 7.11 Å². The minimum atomic E-state index is -0.405. The average Bonchev–Trinajstić information content (AvgIpc) is 2.55. The van der Waals surface area contributed by atoms with E-state index in [1.807, 2.05) is 12.1 Å². The fraction of sp³-hybridized carbons (Fsp3) is 0.286. The average molecular weight is 290 g/mol. The Morgan fingerprint density at radius 1 is 0.952 bits per heavy atom. The number of hydrazine groups is 1. The predicted octanol–water partition coefficient (Wildman–Crippen LogP) is 1.06. The number of hydrogen-bond donors (Lipinski definition) is 2. The van der Waals surface area contributed by atoms with Crippen molar-refractivity contribution in [3.8, 4) is 17.4 Å². The maximum Gasteiger partial charge on any atom is 0.237 e. The number of methoxy groups -OCH3 is 3. The molecule has 0 fully saturated rings. The topological polar surface area (TPSA) is 91.5 Å². The van der Waals surface area contributed by atoms with Crippen molar-refractivity contribution in [2.75, 3.05) is 21.3 Å². The first kappa shape index (κ1) is 15.0. The third-order valence-corrected chi connectivity index (χ3v) is 3.03. The van der Waals surface area contributed by atoms with Crippen LogP contribution in [-0.2, 0) is 0 Å². The van der Waals surface area contributed by atoms with Crippen LogP contribution in [0.1, 0.15) is 17.3 Å². The normalized spacial score (nSPS) is 11.8. The first-order chi connectivity index (χ1) is 10.2. The van der Waals surface area contributed by atoms with Gasteiger partial charge >= 0.3 is 0 Å². The van der Waals surface area contributed by atoms with Gasteiger partial charge in [0.05, 0.1) is 27.4 Å². The lowest BCUT2D eigenvalue weighted by molar-refractivity contribution is 0.380. The lowest BCUT2D eigenvalue weighted by atomic mass is 10.0. The van der Waals surface area contributed by atoms with E-state index in [9.17, 15) is 0 Å². The third kappa shape index (κ3) is 3.21. The zero-order valence-corrected chi connectivity index (χ0v) is 12.2. The Kier molecular flexibility index (Phi) is 4.91. The van der Waals surface area contributed by atoms with Gasteiger partial charge < -0.3 is 14.2 Å². The van der Waals surface area contributed by atoms with Gasteiger partial charge in [-0.3, -0.25) is 10.8 Å². The Balaban J connectivity index is 2.50. The molecule has 0 aliphatic rings. The highest BCUT2D eigenvalue weighted by Crippen LogP contribution is 2.31. The lowest BCUT2D eigenvalue weighted by Crippen LogP contribution is -2.30. The van der Waals surface area contributed by atoms with Gasteiger partial charge in [-0.2, -0.15) is 0 Å². The Bertz CT molecular complexity index is 584. The number of hydrogen-bond acceptors (Lipinski definition) is 7. The summed E-state index contributed by atoms with van der Waals surface area (Å²) in [6.45, 7) is 0. The van der Waals surface area contributed by atoms with Crippen LogP contribution in [0.2, 0.25) is 0 Å². The molecule has 0 saturated carbocycles. The molecule has 3 N–H and O–H groups in total. The highest BCUT2D eigenvalue weighted by Gasteiger charge is 2.21. The van der Waals surface area contributed by atoms with Crippen molar-refractivity contribution in [1.29, 1.82) is 0 Å². The summed E-state index contributed by atoms with van der Waals surface area (Å²) < 4.78 is 15.8. The van der Waals surface area contributed by atoms with E-state index in [1.54, 1.807) is 32.7 Å². The van der Waals surface area contributed by atoms with Crippen LogP contribution in [0.5, 0.6) is 17.4 Å². The second kappa shape index (κ2) is 6.87. The molecular formula is C14H18N4O3. The van der Waals surface area contributed by atoms with Crippen LogP contribution < -0.4 is 25.5 Å². The summed E-state index contributed by atoms with van der Waals surface area (Å²) in [7, 11) is 4.71. The van der Waals surface area contributed by atoms with Crippen LogP contribution in [0.25, 0.3) is 0 Å². The molecule has 0 bridgehead atoms. The second-order valence-electron chi connectivity index (χ2n) is 4.20. The van der Waals surface area contributed by atoms with Crippen molar-refractivity contribution in [2.24, 2.45) is 5.84 Å². The Hall–Kier alpha value is -2.38. The molecule has 0 radical (unpaired) electrons. The van der Waals surface area contributed by atoms with E-state index in [0.717, 1.165) is 5.56 Å². The van der Waals surface area contributed by atoms with E-state index in [2.05, 4.69) is 15.4 Å². The molecule has 2 rings (SSSR count). The van der Waals surface area contributed by atoms with E-state index in [0.29, 0.717) is 23.1 Å². The predicted molar refractivity (Wildman–Crippen MR) is 77.3 cm³/mol. The first-order valence-electron chi connectivity index (χ1n) is 6.27. The van der Waals surface area contributed by atoms with Gasteiger partial charge in [0.25, 0.3) is 0 Å². The molecular weight excluding hydrogens is 272 g/mol. The highest BCUT2D eigenvalue weighted by atomic mass is 16.5. The third-order valence-electron chi connectivity index (χ3n) is 3.03. The van der Waals surface area contributed by atoms with Gasteiger partial charge in [0.2, 0.25) is 5.88 Å². The second-order valence-corrected chi connectivity index (χ2v) is 4.20. The van der Waals surface area contributed by atoms with Gasteiger partial charge in [-0.25, -0.2) is 10.4 Å². The van der Waals surface area contributed by atoms with Crippen LogP contribution in [0.15, 0.2) is 30.6 Å². The van der Waals surface area contributed by atoms with Crippen molar-refractivity contribution >= 4 is 0 Å². The molecule has 2 aromatic rings. The monoisotopic (exact) mass is 290 g/mol. The highest BCUT2D eigenvalue weighted by molar-refractivity contribution is 5.43. The zero-order chi connectivity index (χ0) is 15.2. The zero-order valence-electron chi connectivity index (χ0n) is 12.2. The van der Waals surface area contributed by atoms with Gasteiger partial charge in [-0.05, 0) is 17.7 Å². The Morgan fingerprint density at radius 3 is 2.10 bits per heavy atom. The smallest absolute Gasteiger partial charge is 0.237 e. The molecule has 0 saturated heterocycles. The maximum absolute atomic E-state index is 5.69. The van der Waals surface area contributed by atoms with E-state index in [-0.39, 0.29) is 0 Å². The maximum atomic E-state index is 5.69. The van der Waals surface area contributed by atoms with Crippen molar-refractivity contribution in [3.63, 3.8) is 0 Å². The van der Waals surface area contributed by atoms with Crippen molar-refractivity contribution in [1.82, 2.24) is 15.4 Å².